The van der Waals surface area contributed by atoms with Gasteiger partial charge in [-0.3, -0.25) is 0 Å². The van der Waals surface area contributed by atoms with E-state index in [9.17, 15) is 4.91 Å². The van der Waals surface area contributed by atoms with Gasteiger partial charge in [0.2, 0.25) is 6.54 Å². The van der Waals surface area contributed by atoms with E-state index in [1.165, 1.54) is 0 Å². The van der Waals surface area contributed by atoms with Crippen LogP contribution in [0.3, 0.4) is 0 Å². The zero-order valence-electron chi connectivity index (χ0n) is 6.66. The second-order valence-electron chi connectivity index (χ2n) is 2.44. The first-order valence-electron chi connectivity index (χ1n) is 3.79. The molecule has 0 aliphatic heterocycles. The summed E-state index contributed by atoms with van der Waals surface area (Å²) in [6.07, 6.45) is 0. The Morgan fingerprint density at radius 1 is 1.27 bits per heavy atom. The highest BCUT2D eigenvalue weighted by atomic mass is 16.3. The van der Waals surface area contributed by atoms with Crippen LogP contribution in [0.5, 0.6) is 0 Å². The Morgan fingerprint density at radius 2 is 1.91 bits per heavy atom. The minimum atomic E-state index is 0.497. The summed E-state index contributed by atoms with van der Waals surface area (Å²) in [5.41, 5.74) is 1.07. The van der Waals surface area contributed by atoms with Crippen molar-refractivity contribution in [1.29, 1.82) is 0 Å². The van der Waals surface area contributed by atoms with Crippen LogP contribution in [0.2, 0.25) is 0 Å². The molecule has 0 unspecified atom stereocenters. The third-order valence-corrected chi connectivity index (χ3v) is 1.55. The lowest BCUT2D eigenvalue weighted by atomic mass is 10.2. The first kappa shape index (κ1) is 7.92. The highest BCUT2D eigenvalue weighted by Crippen LogP contribution is 1.99. The van der Waals surface area contributed by atoms with Crippen molar-refractivity contribution >= 4 is 0 Å². The van der Waals surface area contributed by atoms with E-state index >= 15 is 0 Å². The molecule has 1 aromatic carbocycles. The van der Waals surface area contributed by atoms with Gasteiger partial charge in [-0.25, -0.2) is 0 Å². The molecule has 0 radical (unpaired) electrons. The van der Waals surface area contributed by atoms with Gasteiger partial charge in [0.05, 0.1) is 0 Å². The predicted molar refractivity (Wildman–Crippen MR) is 44.3 cm³/mol. The summed E-state index contributed by atoms with van der Waals surface area (Å²) in [5.74, 6) is 0. The summed E-state index contributed by atoms with van der Waals surface area (Å²) in [6.45, 7) is 2.90. The number of hydrogen-bond donors (Lipinski definition) is 0. The average molecular weight is 150 g/mol. The van der Waals surface area contributed by atoms with E-state index in [0.717, 1.165) is 10.3 Å². The molecule has 0 spiro atoms. The molecule has 0 fully saturated rings. The van der Waals surface area contributed by atoms with E-state index < -0.39 is 0 Å². The Morgan fingerprint density at radius 3 is 2.45 bits per heavy atom. The standard InChI is InChI=1S/C9H12NO/c1-2-10(11)8-9-6-4-3-5-7-9/h3-7H,2,8H2,1H3/q+1. The van der Waals surface area contributed by atoms with Crippen LogP contribution >= 0.6 is 0 Å². The highest BCUT2D eigenvalue weighted by Gasteiger charge is 2.03. The van der Waals surface area contributed by atoms with Gasteiger partial charge in [-0.05, 0) is 6.92 Å². The molecule has 0 N–H and O–H groups in total. The average Bonchev–Trinajstić information content (AvgIpc) is 2.06. The highest BCUT2D eigenvalue weighted by molar-refractivity contribution is 5.13. The third kappa shape index (κ3) is 2.50. The van der Waals surface area contributed by atoms with E-state index in [-0.39, 0.29) is 0 Å². The Balaban J connectivity index is 2.58. The summed E-state index contributed by atoms with van der Waals surface area (Å²) in [7, 11) is 0. The minimum Gasteiger partial charge on any atom is -0.0622 e. The lowest BCUT2D eigenvalue weighted by Crippen LogP contribution is -2.05. The van der Waals surface area contributed by atoms with Gasteiger partial charge in [-0.2, -0.15) is 0 Å². The van der Waals surface area contributed by atoms with Crippen molar-refractivity contribution in [2.75, 3.05) is 6.54 Å². The Hall–Kier alpha value is -1.18. The van der Waals surface area contributed by atoms with E-state index in [2.05, 4.69) is 0 Å². The summed E-state index contributed by atoms with van der Waals surface area (Å²) >= 11 is 0. The van der Waals surface area contributed by atoms with E-state index in [1.807, 2.05) is 37.3 Å². The fraction of sp³-hybridized carbons (Fsp3) is 0.333. The molecule has 11 heavy (non-hydrogen) atoms. The quantitative estimate of drug-likeness (QED) is 0.603. The van der Waals surface area contributed by atoms with Crippen LogP contribution in [-0.2, 0) is 6.54 Å². The van der Waals surface area contributed by atoms with Crippen molar-refractivity contribution in [3.63, 3.8) is 0 Å². The van der Waals surface area contributed by atoms with Gasteiger partial charge < -0.3 is 0 Å². The van der Waals surface area contributed by atoms with Gasteiger partial charge in [-0.1, -0.05) is 30.3 Å². The molecule has 58 valence electrons. The fourth-order valence-electron chi connectivity index (χ4n) is 0.899. The molecule has 0 amide bonds. The maximum Gasteiger partial charge on any atom is 0.217 e. The normalized spacial score (nSPS) is 9.55. The zero-order valence-corrected chi connectivity index (χ0v) is 6.66. The van der Waals surface area contributed by atoms with Crippen LogP contribution in [-0.4, -0.2) is 11.3 Å². The van der Waals surface area contributed by atoms with Gasteiger partial charge in [0, 0.05) is 15.2 Å². The van der Waals surface area contributed by atoms with Crippen molar-refractivity contribution in [2.45, 2.75) is 13.5 Å². The summed E-state index contributed by atoms with van der Waals surface area (Å²) < 4.78 is 1.04. The van der Waals surface area contributed by atoms with Crippen molar-refractivity contribution in [2.24, 2.45) is 0 Å². The van der Waals surface area contributed by atoms with Crippen LogP contribution in [0.15, 0.2) is 30.3 Å². The third-order valence-electron chi connectivity index (χ3n) is 1.55. The van der Waals surface area contributed by atoms with E-state index in [0.29, 0.717) is 13.1 Å². The molecule has 0 aliphatic carbocycles. The van der Waals surface area contributed by atoms with Crippen molar-refractivity contribution in [3.8, 4) is 0 Å². The lowest BCUT2D eigenvalue weighted by molar-refractivity contribution is -0.561. The molecule has 1 aromatic rings. The van der Waals surface area contributed by atoms with Crippen molar-refractivity contribution in [3.05, 3.63) is 40.8 Å². The van der Waals surface area contributed by atoms with Gasteiger partial charge >= 0.3 is 0 Å². The monoisotopic (exact) mass is 150 g/mol. The molecule has 0 atom stereocenters. The fourth-order valence-corrected chi connectivity index (χ4v) is 0.899. The molecule has 0 bridgehead atoms. The van der Waals surface area contributed by atoms with Crippen molar-refractivity contribution < 1.29 is 4.76 Å². The Bertz CT molecular complexity index is 231. The first-order chi connectivity index (χ1) is 5.33. The second kappa shape index (κ2) is 3.86. The Kier molecular flexibility index (Phi) is 2.78. The molecule has 0 aliphatic rings. The number of rotatable bonds is 3. The van der Waals surface area contributed by atoms with Crippen LogP contribution in [0.25, 0.3) is 0 Å². The van der Waals surface area contributed by atoms with Crippen molar-refractivity contribution in [1.82, 2.24) is 0 Å². The maximum atomic E-state index is 10.9. The molecule has 0 heterocycles. The molecular formula is C9H12NO+. The van der Waals surface area contributed by atoms with Crippen LogP contribution in [0.1, 0.15) is 12.5 Å². The van der Waals surface area contributed by atoms with E-state index in [1.54, 1.807) is 0 Å². The second-order valence-corrected chi connectivity index (χ2v) is 2.44. The summed E-state index contributed by atoms with van der Waals surface area (Å²) in [5, 5.41) is 0. The SMILES string of the molecule is CC[N+](=O)Cc1ccccc1. The molecule has 2 heteroatoms. The first-order valence-corrected chi connectivity index (χ1v) is 3.79. The molecule has 0 aromatic heterocycles. The summed E-state index contributed by atoms with van der Waals surface area (Å²) in [4.78, 5) is 10.9. The van der Waals surface area contributed by atoms with Gasteiger partial charge in [0.1, 0.15) is 0 Å². The van der Waals surface area contributed by atoms with E-state index in [4.69, 9.17) is 0 Å². The number of nitrogens with zero attached hydrogens (tertiary/aromatic N) is 1. The molecule has 1 rings (SSSR count). The van der Waals surface area contributed by atoms with Crippen LogP contribution < -0.4 is 0 Å². The predicted octanol–water partition coefficient (Wildman–Crippen LogP) is 1.99. The largest absolute Gasteiger partial charge is 0.217 e. The minimum absolute atomic E-state index is 0.497. The van der Waals surface area contributed by atoms with Gasteiger partial charge in [-0.15, -0.1) is 0 Å². The van der Waals surface area contributed by atoms with Gasteiger partial charge in [0.15, 0.2) is 6.54 Å². The van der Waals surface area contributed by atoms with Gasteiger partial charge in [0.25, 0.3) is 0 Å². The van der Waals surface area contributed by atoms with Crippen LogP contribution in [0, 0.1) is 4.91 Å². The number of hydrogen-bond acceptors (Lipinski definition) is 1. The zero-order chi connectivity index (χ0) is 8.10. The number of nitroso groups, excluding NO2 is 1. The molecule has 2 nitrogen and oxygen atoms in total. The Labute approximate surface area is 66.4 Å². The molecule has 0 saturated carbocycles. The maximum absolute atomic E-state index is 10.9. The molecule has 0 saturated heterocycles. The summed E-state index contributed by atoms with van der Waals surface area (Å²) in [6, 6.07) is 9.75. The smallest absolute Gasteiger partial charge is 0.0622 e. The topological polar surface area (TPSA) is 20.1 Å². The van der Waals surface area contributed by atoms with Crippen LogP contribution in [0.4, 0.5) is 0 Å². The molecular weight excluding hydrogens is 138 g/mol. The number of benzene rings is 1. The lowest BCUT2D eigenvalue weighted by Gasteiger charge is -1.91.